The Labute approximate surface area is 77.9 Å². The molecule has 0 bridgehead atoms. The minimum Gasteiger partial charge on any atom is -0.374 e. The lowest BCUT2D eigenvalue weighted by molar-refractivity contribution is -0.125. The molecule has 1 unspecified atom stereocenters. The molecule has 0 aliphatic carbocycles. The van der Waals surface area contributed by atoms with Gasteiger partial charge in [-0.2, -0.15) is 0 Å². The van der Waals surface area contributed by atoms with Crippen molar-refractivity contribution in [3.05, 3.63) is 0 Å². The van der Waals surface area contributed by atoms with E-state index in [1.165, 1.54) is 21.3 Å². The second kappa shape index (κ2) is 5.50. The zero-order chi connectivity index (χ0) is 10.5. The summed E-state index contributed by atoms with van der Waals surface area (Å²) in [5.41, 5.74) is 0. The van der Waals surface area contributed by atoms with Gasteiger partial charge in [-0.25, -0.2) is 0 Å². The zero-order valence-corrected chi connectivity index (χ0v) is 9.17. The van der Waals surface area contributed by atoms with Crippen molar-refractivity contribution in [3.63, 3.8) is 0 Å². The third kappa shape index (κ3) is 4.00. The molecule has 1 atom stereocenters. The van der Waals surface area contributed by atoms with E-state index in [1.807, 2.05) is 0 Å². The van der Waals surface area contributed by atoms with Crippen LogP contribution in [0, 0.1) is 0 Å². The molecule has 0 aliphatic heterocycles. The molecule has 0 amide bonds. The zero-order valence-electron chi connectivity index (χ0n) is 8.27. The van der Waals surface area contributed by atoms with Gasteiger partial charge in [-0.3, -0.25) is 9.36 Å². The number of carbonyl (C=O) groups is 1. The fraction of sp³-hybridized carbons (Fsp3) is 0.857. The SMILES string of the molecule is COC(C)C(=O)CP(=O)(OC)OC. The van der Waals surface area contributed by atoms with Gasteiger partial charge >= 0.3 is 7.60 Å². The van der Waals surface area contributed by atoms with Crippen molar-refractivity contribution in [3.8, 4) is 0 Å². The van der Waals surface area contributed by atoms with E-state index in [-0.39, 0.29) is 11.9 Å². The first kappa shape index (κ1) is 12.8. The summed E-state index contributed by atoms with van der Waals surface area (Å²) in [6.07, 6.45) is -0.840. The van der Waals surface area contributed by atoms with Gasteiger partial charge in [-0.05, 0) is 6.92 Å². The molecule has 6 heteroatoms. The van der Waals surface area contributed by atoms with Crippen molar-refractivity contribution in [1.82, 2.24) is 0 Å². The average Bonchev–Trinajstić information content (AvgIpc) is 2.16. The molecule has 0 aliphatic rings. The summed E-state index contributed by atoms with van der Waals surface area (Å²) in [4.78, 5) is 11.3. The summed E-state index contributed by atoms with van der Waals surface area (Å²) in [5, 5.41) is 0. The van der Waals surface area contributed by atoms with Crippen LogP contribution >= 0.6 is 7.60 Å². The average molecular weight is 210 g/mol. The molecule has 0 radical (unpaired) electrons. The molecule has 0 aromatic carbocycles. The van der Waals surface area contributed by atoms with Crippen molar-refractivity contribution < 1.29 is 23.1 Å². The molecule has 0 saturated heterocycles. The van der Waals surface area contributed by atoms with E-state index in [2.05, 4.69) is 9.05 Å². The van der Waals surface area contributed by atoms with Gasteiger partial charge < -0.3 is 13.8 Å². The number of ketones is 1. The fourth-order valence-electron chi connectivity index (χ4n) is 0.654. The summed E-state index contributed by atoms with van der Waals surface area (Å²) < 4.78 is 25.4. The van der Waals surface area contributed by atoms with Crippen molar-refractivity contribution in [2.45, 2.75) is 13.0 Å². The largest absolute Gasteiger partial charge is 0.374 e. The molecule has 78 valence electrons. The highest BCUT2D eigenvalue weighted by Gasteiger charge is 2.28. The Morgan fingerprint density at radius 2 is 1.77 bits per heavy atom. The smallest absolute Gasteiger partial charge is 0.337 e. The number of rotatable bonds is 6. The van der Waals surface area contributed by atoms with Crippen molar-refractivity contribution in [1.29, 1.82) is 0 Å². The van der Waals surface area contributed by atoms with E-state index in [0.717, 1.165) is 0 Å². The third-order valence-corrected chi connectivity index (χ3v) is 3.52. The van der Waals surface area contributed by atoms with Gasteiger partial charge in [-0.15, -0.1) is 0 Å². The summed E-state index contributed by atoms with van der Waals surface area (Å²) in [7, 11) is 0.666. The molecule has 0 aromatic rings. The van der Waals surface area contributed by atoms with Crippen LogP contribution < -0.4 is 0 Å². The monoisotopic (exact) mass is 210 g/mol. The highest BCUT2D eigenvalue weighted by molar-refractivity contribution is 7.54. The van der Waals surface area contributed by atoms with Crippen LogP contribution in [0.25, 0.3) is 0 Å². The van der Waals surface area contributed by atoms with Gasteiger partial charge in [0.15, 0.2) is 5.78 Å². The number of carbonyl (C=O) groups excluding carboxylic acids is 1. The van der Waals surface area contributed by atoms with Crippen LogP contribution in [-0.2, 0) is 23.1 Å². The molecular weight excluding hydrogens is 195 g/mol. The summed E-state index contributed by atoms with van der Waals surface area (Å²) in [6, 6.07) is 0. The van der Waals surface area contributed by atoms with E-state index in [1.54, 1.807) is 6.92 Å². The van der Waals surface area contributed by atoms with Crippen LogP contribution in [0.1, 0.15) is 6.92 Å². The lowest BCUT2D eigenvalue weighted by Gasteiger charge is -2.14. The molecule has 0 saturated carbocycles. The van der Waals surface area contributed by atoms with Crippen molar-refractivity contribution >= 4 is 13.4 Å². The Hall–Kier alpha value is -0.220. The molecule has 13 heavy (non-hydrogen) atoms. The van der Waals surface area contributed by atoms with Gasteiger partial charge in [0.1, 0.15) is 12.3 Å². The number of ether oxygens (including phenoxy) is 1. The molecule has 0 rings (SSSR count). The van der Waals surface area contributed by atoms with E-state index < -0.39 is 13.7 Å². The Morgan fingerprint density at radius 3 is 2.08 bits per heavy atom. The number of hydrogen-bond acceptors (Lipinski definition) is 5. The van der Waals surface area contributed by atoms with Crippen LogP contribution in [-0.4, -0.2) is 39.4 Å². The topological polar surface area (TPSA) is 61.8 Å². The Bertz CT molecular complexity index is 207. The number of Topliss-reactive ketones (excluding diaryl/α,β-unsaturated/α-hetero) is 1. The molecule has 5 nitrogen and oxygen atoms in total. The maximum atomic E-state index is 11.5. The quantitative estimate of drug-likeness (QED) is 0.614. The van der Waals surface area contributed by atoms with Crippen molar-refractivity contribution in [2.75, 3.05) is 27.5 Å². The number of methoxy groups -OCH3 is 1. The van der Waals surface area contributed by atoms with Crippen LogP contribution in [0.2, 0.25) is 0 Å². The second-order valence-corrected chi connectivity index (χ2v) is 4.75. The minimum atomic E-state index is -3.23. The van der Waals surface area contributed by atoms with Gasteiger partial charge in [0.25, 0.3) is 0 Å². The molecular formula is C7H15O5P. The maximum Gasteiger partial charge on any atom is 0.337 e. The van der Waals surface area contributed by atoms with Crippen LogP contribution in [0.4, 0.5) is 0 Å². The Balaban J connectivity index is 4.26. The summed E-state index contributed by atoms with van der Waals surface area (Å²) in [6.45, 7) is 1.58. The number of hydrogen-bond donors (Lipinski definition) is 0. The summed E-state index contributed by atoms with van der Waals surface area (Å²) >= 11 is 0. The van der Waals surface area contributed by atoms with Gasteiger partial charge in [0.05, 0.1) is 0 Å². The molecule has 0 spiro atoms. The van der Waals surface area contributed by atoms with Crippen LogP contribution in [0.5, 0.6) is 0 Å². The highest BCUT2D eigenvalue weighted by Crippen LogP contribution is 2.46. The minimum absolute atomic E-state index is 0.255. The predicted molar refractivity (Wildman–Crippen MR) is 48.0 cm³/mol. The fourth-order valence-corrected chi connectivity index (χ4v) is 1.70. The highest BCUT2D eigenvalue weighted by atomic mass is 31.2. The van der Waals surface area contributed by atoms with Crippen LogP contribution in [0.3, 0.4) is 0 Å². The Morgan fingerprint density at radius 1 is 1.31 bits per heavy atom. The molecule has 0 heterocycles. The van der Waals surface area contributed by atoms with Crippen molar-refractivity contribution in [2.24, 2.45) is 0 Å². The predicted octanol–water partition coefficient (Wildman–Crippen LogP) is 1.08. The lowest BCUT2D eigenvalue weighted by atomic mass is 10.3. The first-order chi connectivity index (χ1) is 5.99. The third-order valence-electron chi connectivity index (χ3n) is 1.71. The first-order valence-electron chi connectivity index (χ1n) is 3.75. The van der Waals surface area contributed by atoms with Gasteiger partial charge in [-0.1, -0.05) is 0 Å². The van der Waals surface area contributed by atoms with E-state index in [9.17, 15) is 9.36 Å². The molecule has 0 fully saturated rings. The molecule has 0 N–H and O–H groups in total. The van der Waals surface area contributed by atoms with Gasteiger partial charge in [0, 0.05) is 21.3 Å². The first-order valence-corrected chi connectivity index (χ1v) is 5.48. The Kier molecular flexibility index (Phi) is 5.40. The lowest BCUT2D eigenvalue weighted by Crippen LogP contribution is -2.23. The standard InChI is InChI=1S/C7H15O5P/c1-6(10-2)7(8)5-13(9,11-3)12-4/h6H,5H2,1-4H3. The second-order valence-electron chi connectivity index (χ2n) is 2.48. The van der Waals surface area contributed by atoms with E-state index >= 15 is 0 Å². The van der Waals surface area contributed by atoms with E-state index in [4.69, 9.17) is 4.74 Å². The molecule has 0 aromatic heterocycles. The summed E-state index contributed by atoms with van der Waals surface area (Å²) in [5.74, 6) is -0.297. The maximum absolute atomic E-state index is 11.5. The normalized spacial score (nSPS) is 14.2. The van der Waals surface area contributed by atoms with Gasteiger partial charge in [0.2, 0.25) is 0 Å². The van der Waals surface area contributed by atoms with E-state index in [0.29, 0.717) is 0 Å². The van der Waals surface area contributed by atoms with Crippen LogP contribution in [0.15, 0.2) is 0 Å².